The highest BCUT2D eigenvalue weighted by Gasteiger charge is 2.33. The Labute approximate surface area is 201 Å². The molecule has 1 aromatic carbocycles. The van der Waals surface area contributed by atoms with Gasteiger partial charge in [-0.25, -0.2) is 4.98 Å². The molecule has 0 bridgehead atoms. The summed E-state index contributed by atoms with van der Waals surface area (Å²) in [7, 11) is 0. The Bertz CT molecular complexity index is 1280. The molecule has 2 atom stereocenters. The summed E-state index contributed by atoms with van der Waals surface area (Å²) in [5, 5.41) is 19.2. The second-order valence-corrected chi connectivity index (χ2v) is 9.68. The fourth-order valence-corrected chi connectivity index (χ4v) is 4.72. The van der Waals surface area contributed by atoms with Crippen molar-refractivity contribution in [3.05, 3.63) is 34.9 Å². The van der Waals surface area contributed by atoms with Gasteiger partial charge in [-0.1, -0.05) is 18.5 Å². The minimum absolute atomic E-state index is 0.0875. The van der Waals surface area contributed by atoms with Crippen LogP contribution < -0.4 is 9.47 Å². The highest BCUT2D eigenvalue weighted by molar-refractivity contribution is 6.33. The van der Waals surface area contributed by atoms with Gasteiger partial charge in [0.1, 0.15) is 17.9 Å². The van der Waals surface area contributed by atoms with Crippen LogP contribution in [0.4, 0.5) is 0 Å². The van der Waals surface area contributed by atoms with Gasteiger partial charge in [-0.2, -0.15) is 10.2 Å². The molecule has 2 saturated carbocycles. The number of hydrogen-bond donors (Lipinski definition) is 2. The minimum atomic E-state index is -0.745. The van der Waals surface area contributed by atoms with Gasteiger partial charge in [0.2, 0.25) is 0 Å². The van der Waals surface area contributed by atoms with Crippen LogP contribution in [-0.2, 0) is 4.79 Å². The van der Waals surface area contributed by atoms with Gasteiger partial charge in [0, 0.05) is 5.56 Å². The predicted molar refractivity (Wildman–Crippen MR) is 126 cm³/mol. The van der Waals surface area contributed by atoms with E-state index in [0.717, 1.165) is 0 Å². The van der Waals surface area contributed by atoms with E-state index in [1.807, 2.05) is 6.07 Å². The Hall–Kier alpha value is -3.31. The largest absolute Gasteiger partial charge is 0.492 e. The molecule has 2 unspecified atom stereocenters. The summed E-state index contributed by atoms with van der Waals surface area (Å²) in [5.74, 6) is 0.766. The average Bonchev–Trinajstić information content (AvgIpc) is 3.40. The maximum atomic E-state index is 11.1. The molecule has 0 spiro atoms. The molecule has 8 nitrogen and oxygen atoms in total. The second-order valence-electron chi connectivity index (χ2n) is 9.27. The Kier molecular flexibility index (Phi) is 6.05. The number of pyridine rings is 1. The summed E-state index contributed by atoms with van der Waals surface area (Å²) in [6.07, 6.45) is 3.59. The van der Waals surface area contributed by atoms with Crippen LogP contribution in [0.2, 0.25) is 5.02 Å². The molecule has 0 saturated heterocycles. The molecule has 2 aromatic heterocycles. The Morgan fingerprint density at radius 2 is 2.03 bits per heavy atom. The molecule has 176 valence electrons. The van der Waals surface area contributed by atoms with E-state index in [0.29, 0.717) is 88.9 Å². The molecule has 0 amide bonds. The molecule has 3 aromatic rings. The number of nitrogens with zero attached hydrogens (tertiary/aromatic N) is 3. The van der Waals surface area contributed by atoms with Gasteiger partial charge in [0.05, 0.1) is 34.3 Å². The van der Waals surface area contributed by atoms with Gasteiger partial charge in [0.15, 0.2) is 5.65 Å². The van der Waals surface area contributed by atoms with Crippen LogP contribution >= 0.6 is 11.6 Å². The highest BCUT2D eigenvalue weighted by Crippen LogP contribution is 2.39. The molecule has 0 radical (unpaired) electrons. The summed E-state index contributed by atoms with van der Waals surface area (Å²) < 4.78 is 11.8. The van der Waals surface area contributed by atoms with Crippen molar-refractivity contribution in [1.82, 2.24) is 15.0 Å². The van der Waals surface area contributed by atoms with Crippen LogP contribution in [-0.4, -0.2) is 38.7 Å². The molecular weight excluding hydrogens is 456 g/mol. The lowest BCUT2D eigenvalue weighted by molar-refractivity contribution is -0.143. The van der Waals surface area contributed by atoms with Crippen LogP contribution in [0.1, 0.15) is 44.6 Å². The van der Waals surface area contributed by atoms with Crippen LogP contribution in [0, 0.1) is 29.1 Å². The first-order valence-electron chi connectivity index (χ1n) is 11.5. The van der Waals surface area contributed by atoms with Crippen molar-refractivity contribution >= 4 is 28.7 Å². The molecule has 9 heteroatoms. The van der Waals surface area contributed by atoms with Crippen molar-refractivity contribution in [3.63, 3.8) is 0 Å². The number of aliphatic carboxylic acids is 1. The Morgan fingerprint density at radius 1 is 1.26 bits per heavy atom. The normalized spacial score (nSPS) is 23.9. The minimum Gasteiger partial charge on any atom is -0.492 e. The maximum absolute atomic E-state index is 11.1. The number of carbonyl (C=O) groups is 1. The number of ether oxygens (including phenoxy) is 2. The van der Waals surface area contributed by atoms with E-state index in [1.165, 1.54) is 6.42 Å². The number of carboxylic acids is 1. The summed E-state index contributed by atoms with van der Waals surface area (Å²) in [4.78, 5) is 23.3. The van der Waals surface area contributed by atoms with Crippen LogP contribution in [0.5, 0.6) is 11.8 Å². The van der Waals surface area contributed by atoms with Gasteiger partial charge in [-0.05, 0) is 68.2 Å². The molecule has 2 heterocycles. The lowest BCUT2D eigenvalue weighted by Gasteiger charge is -2.25. The summed E-state index contributed by atoms with van der Waals surface area (Å²) in [5.41, 5.74) is 2.75. The number of hydrogen-bond acceptors (Lipinski definition) is 6. The number of fused-ring (bicyclic) bond motifs is 1. The number of aromatic amines is 1. The third-order valence-electron chi connectivity index (χ3n) is 6.81. The number of H-pyrrole nitrogens is 1. The van der Waals surface area contributed by atoms with Crippen molar-refractivity contribution < 1.29 is 19.4 Å². The van der Waals surface area contributed by atoms with Crippen molar-refractivity contribution in [2.45, 2.75) is 45.1 Å². The third-order valence-corrected chi connectivity index (χ3v) is 7.10. The zero-order valence-electron chi connectivity index (χ0n) is 18.8. The van der Waals surface area contributed by atoms with E-state index < -0.39 is 5.97 Å². The molecule has 34 heavy (non-hydrogen) atoms. The van der Waals surface area contributed by atoms with E-state index in [4.69, 9.17) is 26.2 Å². The first kappa shape index (κ1) is 22.5. The molecule has 2 fully saturated rings. The Balaban J connectivity index is 1.33. The number of halogens is 1. The SMILES string of the molecule is CC1CC1COc1ccc(-c2nc3nc(OC4CCC(C(=O)O)CC4)[nH]c3cc2Cl)cc1C#N. The second kappa shape index (κ2) is 9.15. The van der Waals surface area contributed by atoms with Crippen molar-refractivity contribution in [1.29, 1.82) is 5.26 Å². The van der Waals surface area contributed by atoms with Gasteiger partial charge in [-0.15, -0.1) is 0 Å². The smallest absolute Gasteiger partial charge is 0.306 e. The average molecular weight is 481 g/mol. The van der Waals surface area contributed by atoms with E-state index in [1.54, 1.807) is 18.2 Å². The van der Waals surface area contributed by atoms with E-state index >= 15 is 0 Å². The summed E-state index contributed by atoms with van der Waals surface area (Å²) >= 11 is 6.53. The number of aromatic nitrogens is 3. The van der Waals surface area contributed by atoms with Gasteiger partial charge in [-0.3, -0.25) is 4.79 Å². The van der Waals surface area contributed by atoms with Crippen molar-refractivity contribution in [3.8, 4) is 29.1 Å². The number of imidazole rings is 1. The number of carboxylic acid groups (broad SMARTS) is 1. The molecule has 0 aliphatic heterocycles. The number of nitriles is 1. The fourth-order valence-electron chi connectivity index (χ4n) is 4.46. The molecule has 2 aliphatic carbocycles. The van der Waals surface area contributed by atoms with Crippen LogP contribution in [0.25, 0.3) is 22.4 Å². The number of benzene rings is 1. The zero-order chi connectivity index (χ0) is 23.8. The summed E-state index contributed by atoms with van der Waals surface area (Å²) in [6.45, 7) is 2.82. The quantitative estimate of drug-likeness (QED) is 0.476. The van der Waals surface area contributed by atoms with Crippen LogP contribution in [0.3, 0.4) is 0 Å². The third kappa shape index (κ3) is 4.66. The predicted octanol–water partition coefficient (Wildman–Crippen LogP) is 5.21. The summed E-state index contributed by atoms with van der Waals surface area (Å²) in [6, 6.07) is 9.65. The van der Waals surface area contributed by atoms with Gasteiger partial charge < -0.3 is 19.6 Å². The van der Waals surface area contributed by atoms with E-state index in [2.05, 4.69) is 27.9 Å². The standard InChI is InChI=1S/C25H25ClN4O4/c1-13-8-17(13)12-33-21-7-4-15(9-16(21)11-27)22-19(26)10-20-23(29-22)30-25(28-20)34-18-5-2-14(3-6-18)24(31)32/h4,7,9-10,13-14,17-18H,2-3,5-6,8,12H2,1H3,(H,31,32)(H,28,29,30). The van der Waals surface area contributed by atoms with E-state index in [-0.39, 0.29) is 12.0 Å². The van der Waals surface area contributed by atoms with Crippen LogP contribution in [0.15, 0.2) is 24.3 Å². The maximum Gasteiger partial charge on any atom is 0.306 e. The number of rotatable bonds is 7. The Morgan fingerprint density at radius 3 is 2.71 bits per heavy atom. The van der Waals surface area contributed by atoms with Gasteiger partial charge in [0.25, 0.3) is 6.01 Å². The molecule has 2 aliphatic rings. The van der Waals surface area contributed by atoms with Gasteiger partial charge >= 0.3 is 5.97 Å². The topological polar surface area (TPSA) is 121 Å². The lowest BCUT2D eigenvalue weighted by atomic mass is 9.87. The lowest BCUT2D eigenvalue weighted by Crippen LogP contribution is -2.28. The van der Waals surface area contributed by atoms with Crippen molar-refractivity contribution in [2.75, 3.05) is 6.61 Å². The molecule has 2 N–H and O–H groups in total. The number of nitrogens with one attached hydrogen (secondary N) is 1. The van der Waals surface area contributed by atoms with Crippen molar-refractivity contribution in [2.24, 2.45) is 17.8 Å². The fraction of sp³-hybridized carbons (Fsp3) is 0.440. The first-order valence-corrected chi connectivity index (χ1v) is 11.9. The monoisotopic (exact) mass is 480 g/mol. The molecular formula is C25H25ClN4O4. The van der Waals surface area contributed by atoms with E-state index in [9.17, 15) is 10.1 Å². The highest BCUT2D eigenvalue weighted by atomic mass is 35.5. The zero-order valence-corrected chi connectivity index (χ0v) is 19.5. The first-order chi connectivity index (χ1) is 16.4. The molecule has 5 rings (SSSR count).